The number of sulfone groups is 1. The van der Waals surface area contributed by atoms with Crippen LogP contribution in [0.25, 0.3) is 0 Å². The van der Waals surface area contributed by atoms with Crippen molar-refractivity contribution in [2.24, 2.45) is 0 Å². The molecule has 0 fully saturated rings. The predicted octanol–water partition coefficient (Wildman–Crippen LogP) is 2.89. The molecule has 1 atom stereocenters. The summed E-state index contributed by atoms with van der Waals surface area (Å²) in [5, 5.41) is 2.20. The summed E-state index contributed by atoms with van der Waals surface area (Å²) in [4.78, 5) is 26.5. The standard InChI is InChI=1S/C19H19ClN2O5S/c1-12-9-19(24)22(15-5-3-4-6-17(15)28(12,25)26)11-18(23)21-14-10-13(20)7-8-16(14)27-2/h3-8,10,12H,9,11H2,1-2H3,(H,21,23)/t12-/m0/s1. The summed E-state index contributed by atoms with van der Waals surface area (Å²) in [6.07, 6.45) is -0.204. The highest BCUT2D eigenvalue weighted by atomic mass is 35.5. The van der Waals surface area contributed by atoms with Crippen molar-refractivity contribution >= 4 is 44.6 Å². The maximum atomic E-state index is 12.7. The molecule has 9 heteroatoms. The molecule has 0 bridgehead atoms. The molecule has 0 saturated heterocycles. The van der Waals surface area contributed by atoms with Gasteiger partial charge in [0.2, 0.25) is 11.8 Å². The number of amides is 2. The van der Waals surface area contributed by atoms with E-state index in [4.69, 9.17) is 16.3 Å². The number of nitrogens with zero attached hydrogens (tertiary/aromatic N) is 1. The van der Waals surface area contributed by atoms with E-state index in [0.717, 1.165) is 0 Å². The fourth-order valence-corrected chi connectivity index (χ4v) is 4.73. The molecule has 1 N–H and O–H groups in total. The molecule has 1 heterocycles. The number of rotatable bonds is 4. The predicted molar refractivity (Wildman–Crippen MR) is 107 cm³/mol. The molecular weight excluding hydrogens is 404 g/mol. The van der Waals surface area contributed by atoms with Crippen molar-refractivity contribution in [2.75, 3.05) is 23.9 Å². The molecule has 148 valence electrons. The molecule has 7 nitrogen and oxygen atoms in total. The molecule has 2 amide bonds. The van der Waals surface area contributed by atoms with Crippen LogP contribution in [0.15, 0.2) is 47.4 Å². The third-order valence-corrected chi connectivity index (χ3v) is 6.91. The van der Waals surface area contributed by atoms with Crippen molar-refractivity contribution in [2.45, 2.75) is 23.5 Å². The summed E-state index contributed by atoms with van der Waals surface area (Å²) in [5.74, 6) is -0.526. The van der Waals surface area contributed by atoms with Crippen LogP contribution in [0, 0.1) is 0 Å². The third-order valence-electron chi connectivity index (χ3n) is 4.49. The van der Waals surface area contributed by atoms with Crippen molar-refractivity contribution in [1.29, 1.82) is 0 Å². The molecule has 0 spiro atoms. The molecule has 2 aromatic carbocycles. The number of ether oxygens (including phenoxy) is 1. The largest absolute Gasteiger partial charge is 0.495 e. The van der Waals surface area contributed by atoms with Gasteiger partial charge < -0.3 is 15.0 Å². The number of methoxy groups -OCH3 is 1. The molecule has 2 aromatic rings. The Labute approximate surface area is 168 Å². The monoisotopic (exact) mass is 422 g/mol. The van der Waals surface area contributed by atoms with Gasteiger partial charge in [-0.2, -0.15) is 0 Å². The first kappa shape index (κ1) is 20.2. The summed E-state index contributed by atoms with van der Waals surface area (Å²) >= 11 is 5.97. The maximum absolute atomic E-state index is 12.7. The lowest BCUT2D eigenvalue weighted by molar-refractivity contribution is -0.121. The van der Waals surface area contributed by atoms with E-state index >= 15 is 0 Å². The molecule has 1 aliphatic rings. The fraction of sp³-hybridized carbons (Fsp3) is 0.263. The first-order valence-electron chi connectivity index (χ1n) is 8.50. The van der Waals surface area contributed by atoms with E-state index in [1.54, 1.807) is 24.3 Å². The van der Waals surface area contributed by atoms with Crippen LogP contribution in [0.4, 0.5) is 11.4 Å². The second-order valence-electron chi connectivity index (χ2n) is 6.40. The van der Waals surface area contributed by atoms with Crippen LogP contribution in [-0.4, -0.2) is 39.1 Å². The number of para-hydroxylation sites is 1. The molecule has 0 aromatic heterocycles. The van der Waals surface area contributed by atoms with E-state index in [0.29, 0.717) is 16.5 Å². The molecule has 0 unspecified atom stereocenters. The number of hydrogen-bond acceptors (Lipinski definition) is 5. The average Bonchev–Trinajstić information content (AvgIpc) is 2.71. The number of benzene rings is 2. The second-order valence-corrected chi connectivity index (χ2v) is 9.17. The van der Waals surface area contributed by atoms with Crippen LogP contribution >= 0.6 is 11.6 Å². The lowest BCUT2D eigenvalue weighted by Gasteiger charge is -2.22. The van der Waals surface area contributed by atoms with Crippen LogP contribution in [0.3, 0.4) is 0 Å². The normalized spacial score (nSPS) is 18.2. The van der Waals surface area contributed by atoms with Crippen molar-refractivity contribution < 1.29 is 22.7 Å². The van der Waals surface area contributed by atoms with Crippen molar-refractivity contribution in [1.82, 2.24) is 0 Å². The van der Waals surface area contributed by atoms with E-state index in [-0.39, 0.29) is 23.5 Å². The van der Waals surface area contributed by atoms with Gasteiger partial charge in [-0.3, -0.25) is 9.59 Å². The molecule has 1 aliphatic heterocycles. The van der Waals surface area contributed by atoms with Gasteiger partial charge in [-0.1, -0.05) is 23.7 Å². The summed E-state index contributed by atoms with van der Waals surface area (Å²) in [6.45, 7) is 1.15. The SMILES string of the molecule is COc1ccc(Cl)cc1NC(=O)CN1C(=O)C[C@H](C)S(=O)(=O)c2ccccc21. The number of carbonyl (C=O) groups is 2. The summed E-state index contributed by atoms with van der Waals surface area (Å²) < 4.78 is 30.6. The van der Waals surface area contributed by atoms with Crippen LogP contribution in [0.2, 0.25) is 5.02 Å². The number of anilines is 2. The topological polar surface area (TPSA) is 92.8 Å². The minimum Gasteiger partial charge on any atom is -0.495 e. The van der Waals surface area contributed by atoms with Gasteiger partial charge in [0.05, 0.1) is 28.6 Å². The zero-order valence-corrected chi connectivity index (χ0v) is 16.9. The Bertz CT molecular complexity index is 1040. The second kappa shape index (κ2) is 7.81. The van der Waals surface area contributed by atoms with Crippen LogP contribution in [0.1, 0.15) is 13.3 Å². The summed E-state index contributed by atoms with van der Waals surface area (Å²) in [7, 11) is -2.21. The van der Waals surface area contributed by atoms with Gasteiger partial charge in [-0.05, 0) is 37.3 Å². The molecule has 0 saturated carbocycles. The molecule has 0 aliphatic carbocycles. The lowest BCUT2D eigenvalue weighted by Crippen LogP contribution is -2.38. The summed E-state index contributed by atoms with van der Waals surface area (Å²) in [5.41, 5.74) is 0.557. The summed E-state index contributed by atoms with van der Waals surface area (Å²) in [6, 6.07) is 11.0. The number of nitrogens with one attached hydrogen (secondary N) is 1. The quantitative estimate of drug-likeness (QED) is 0.817. The van der Waals surface area contributed by atoms with Gasteiger partial charge in [0, 0.05) is 11.4 Å². The van der Waals surface area contributed by atoms with Crippen LogP contribution < -0.4 is 15.0 Å². The Hall–Kier alpha value is -2.58. The average molecular weight is 423 g/mol. The van der Waals surface area contributed by atoms with E-state index in [1.807, 2.05) is 0 Å². The number of fused-ring (bicyclic) bond motifs is 1. The van der Waals surface area contributed by atoms with E-state index in [1.165, 1.54) is 37.1 Å². The Morgan fingerprint density at radius 2 is 2.00 bits per heavy atom. The molecule has 28 heavy (non-hydrogen) atoms. The smallest absolute Gasteiger partial charge is 0.244 e. The maximum Gasteiger partial charge on any atom is 0.244 e. The lowest BCUT2D eigenvalue weighted by atomic mass is 10.2. The molecular formula is C19H19ClN2O5S. The highest BCUT2D eigenvalue weighted by Gasteiger charge is 2.36. The first-order valence-corrected chi connectivity index (χ1v) is 10.4. The Kier molecular flexibility index (Phi) is 5.62. The number of carbonyl (C=O) groups excluding carboxylic acids is 2. The van der Waals surface area contributed by atoms with Crippen molar-refractivity contribution in [3.05, 3.63) is 47.5 Å². The highest BCUT2D eigenvalue weighted by molar-refractivity contribution is 7.92. The first-order chi connectivity index (χ1) is 13.2. The zero-order chi connectivity index (χ0) is 20.5. The van der Waals surface area contributed by atoms with Gasteiger partial charge in [0.25, 0.3) is 0 Å². The van der Waals surface area contributed by atoms with Gasteiger partial charge in [-0.15, -0.1) is 0 Å². The highest BCUT2D eigenvalue weighted by Crippen LogP contribution is 2.33. The minimum atomic E-state index is -3.67. The number of halogens is 1. The minimum absolute atomic E-state index is 0.0430. The van der Waals surface area contributed by atoms with E-state index < -0.39 is 26.9 Å². The Morgan fingerprint density at radius 3 is 2.71 bits per heavy atom. The van der Waals surface area contributed by atoms with Gasteiger partial charge >= 0.3 is 0 Å². The zero-order valence-electron chi connectivity index (χ0n) is 15.3. The molecule has 3 rings (SSSR count). The number of hydrogen-bond donors (Lipinski definition) is 1. The fourth-order valence-electron chi connectivity index (χ4n) is 3.02. The van der Waals surface area contributed by atoms with Crippen LogP contribution in [-0.2, 0) is 19.4 Å². The third kappa shape index (κ3) is 3.83. The van der Waals surface area contributed by atoms with Crippen LogP contribution in [0.5, 0.6) is 5.75 Å². The Balaban J connectivity index is 1.92. The van der Waals surface area contributed by atoms with E-state index in [9.17, 15) is 18.0 Å². The Morgan fingerprint density at radius 1 is 1.29 bits per heavy atom. The van der Waals surface area contributed by atoms with Crippen molar-refractivity contribution in [3.63, 3.8) is 0 Å². The molecule has 0 radical (unpaired) electrons. The van der Waals surface area contributed by atoms with Gasteiger partial charge in [0.1, 0.15) is 12.3 Å². The van der Waals surface area contributed by atoms with E-state index in [2.05, 4.69) is 5.32 Å². The van der Waals surface area contributed by atoms with Gasteiger partial charge in [-0.25, -0.2) is 8.42 Å². The van der Waals surface area contributed by atoms with Crippen molar-refractivity contribution in [3.8, 4) is 5.75 Å². The van der Waals surface area contributed by atoms with Gasteiger partial charge in [0.15, 0.2) is 9.84 Å².